The number of pyridine rings is 1. The van der Waals surface area contributed by atoms with Gasteiger partial charge in [-0.25, -0.2) is 17.7 Å². The molecule has 0 aliphatic heterocycles. The minimum atomic E-state index is -3.42. The van der Waals surface area contributed by atoms with Crippen molar-refractivity contribution < 1.29 is 8.42 Å². The Morgan fingerprint density at radius 2 is 1.94 bits per heavy atom. The average molecular weight is 292 g/mol. The summed E-state index contributed by atoms with van der Waals surface area (Å²) in [6, 6.07) is 3.37. The second-order valence-corrected chi connectivity index (χ2v) is 6.71. The van der Waals surface area contributed by atoms with Gasteiger partial charge in [0.25, 0.3) is 0 Å². The molecule has 1 atom stereocenters. The number of rotatable bonds is 5. The molecule has 0 saturated heterocycles. The fourth-order valence-corrected chi connectivity index (χ4v) is 2.33. The van der Waals surface area contributed by atoms with Crippen LogP contribution < -0.4 is 4.90 Å². The summed E-state index contributed by atoms with van der Waals surface area (Å²) in [6.07, 6.45) is 1.36. The molecule has 1 aromatic rings. The fraction of sp³-hybridized carbons (Fsp3) is 0.545. The summed E-state index contributed by atoms with van der Waals surface area (Å²) in [4.78, 5) is 6.24. The van der Waals surface area contributed by atoms with Crippen molar-refractivity contribution in [1.29, 1.82) is 0 Å². The van der Waals surface area contributed by atoms with Crippen LogP contribution in [0.2, 0.25) is 0 Å². The van der Waals surface area contributed by atoms with Crippen molar-refractivity contribution in [2.24, 2.45) is 0 Å². The van der Waals surface area contributed by atoms with Gasteiger partial charge in [-0.05, 0) is 19.1 Å². The summed E-state index contributed by atoms with van der Waals surface area (Å²) in [5, 5.41) is 0. The Kier molecular flexibility index (Phi) is 4.95. The molecular weight excluding hydrogens is 274 g/mol. The van der Waals surface area contributed by atoms with E-state index >= 15 is 0 Å². The van der Waals surface area contributed by atoms with Crippen molar-refractivity contribution in [3.05, 3.63) is 18.3 Å². The normalized spacial score (nSPS) is 13.7. The third-order valence-electron chi connectivity index (χ3n) is 2.75. The van der Waals surface area contributed by atoms with Gasteiger partial charge in [0.2, 0.25) is 10.0 Å². The third kappa shape index (κ3) is 3.13. The van der Waals surface area contributed by atoms with Gasteiger partial charge in [-0.15, -0.1) is 11.6 Å². The molecule has 5 nitrogen and oxygen atoms in total. The fourth-order valence-electron chi connectivity index (χ4n) is 1.27. The van der Waals surface area contributed by atoms with Crippen LogP contribution in [-0.2, 0) is 10.0 Å². The van der Waals surface area contributed by atoms with Crippen molar-refractivity contribution in [1.82, 2.24) is 9.29 Å². The highest BCUT2D eigenvalue weighted by Crippen LogP contribution is 2.17. The van der Waals surface area contributed by atoms with Crippen molar-refractivity contribution >= 4 is 27.4 Å². The minimum Gasteiger partial charge on any atom is -0.356 e. The monoisotopic (exact) mass is 291 g/mol. The highest BCUT2D eigenvalue weighted by molar-refractivity contribution is 7.89. The topological polar surface area (TPSA) is 53.5 Å². The van der Waals surface area contributed by atoms with Crippen molar-refractivity contribution in [3.63, 3.8) is 0 Å². The van der Waals surface area contributed by atoms with Gasteiger partial charge < -0.3 is 4.90 Å². The van der Waals surface area contributed by atoms with Crippen LogP contribution in [0.25, 0.3) is 0 Å². The summed E-state index contributed by atoms with van der Waals surface area (Å²) >= 11 is 5.77. The van der Waals surface area contributed by atoms with E-state index in [0.717, 1.165) is 4.31 Å². The molecule has 0 bridgehead atoms. The van der Waals surface area contributed by atoms with Gasteiger partial charge in [-0.3, -0.25) is 0 Å². The Morgan fingerprint density at radius 1 is 1.33 bits per heavy atom. The van der Waals surface area contributed by atoms with E-state index in [2.05, 4.69) is 4.98 Å². The predicted molar refractivity (Wildman–Crippen MR) is 73.7 cm³/mol. The Balaban J connectivity index is 3.01. The van der Waals surface area contributed by atoms with Crippen LogP contribution in [-0.4, -0.2) is 50.8 Å². The van der Waals surface area contributed by atoms with Crippen LogP contribution in [0, 0.1) is 0 Å². The van der Waals surface area contributed by atoms with Crippen LogP contribution >= 0.6 is 11.6 Å². The molecule has 0 fully saturated rings. The first-order valence-electron chi connectivity index (χ1n) is 5.48. The molecule has 102 valence electrons. The molecule has 1 aromatic heterocycles. The first-order chi connectivity index (χ1) is 8.30. The van der Waals surface area contributed by atoms with Gasteiger partial charge in [0.15, 0.2) is 0 Å². The Labute approximate surface area is 113 Å². The maximum absolute atomic E-state index is 11.9. The van der Waals surface area contributed by atoms with Crippen molar-refractivity contribution in [2.45, 2.75) is 17.9 Å². The molecular formula is C11H18ClN3O2S. The maximum Gasteiger partial charge on any atom is 0.244 e. The van der Waals surface area contributed by atoms with E-state index in [-0.39, 0.29) is 10.9 Å². The second-order valence-electron chi connectivity index (χ2n) is 4.25. The lowest BCUT2D eigenvalue weighted by atomic mass is 10.3. The minimum absolute atomic E-state index is 0.135. The molecule has 0 saturated carbocycles. The van der Waals surface area contributed by atoms with Crippen LogP contribution in [0.4, 0.5) is 5.82 Å². The Hall–Kier alpha value is -0.850. The van der Waals surface area contributed by atoms with Gasteiger partial charge in [0.05, 0.1) is 0 Å². The smallest absolute Gasteiger partial charge is 0.244 e. The lowest BCUT2D eigenvalue weighted by Crippen LogP contribution is -2.31. The lowest BCUT2D eigenvalue weighted by molar-refractivity contribution is 0.520. The summed E-state index contributed by atoms with van der Waals surface area (Å²) in [5.74, 6) is 1.18. The predicted octanol–water partition coefficient (Wildman–Crippen LogP) is 1.40. The Bertz CT molecular complexity index is 488. The Morgan fingerprint density at radius 3 is 2.33 bits per heavy atom. The molecule has 7 heteroatoms. The van der Waals surface area contributed by atoms with E-state index < -0.39 is 10.0 Å². The van der Waals surface area contributed by atoms with Gasteiger partial charge in [0, 0.05) is 39.3 Å². The average Bonchev–Trinajstić information content (AvgIpc) is 2.36. The second kappa shape index (κ2) is 5.86. The first kappa shape index (κ1) is 15.2. The van der Waals surface area contributed by atoms with Gasteiger partial charge >= 0.3 is 0 Å². The summed E-state index contributed by atoms with van der Waals surface area (Å²) in [6.45, 7) is 1.97. The SMILES string of the molecule is CC(CCl)N(C)c1ccc(S(=O)(=O)N(C)C)cn1. The zero-order chi connectivity index (χ0) is 13.9. The van der Waals surface area contributed by atoms with E-state index in [1.54, 1.807) is 12.1 Å². The highest BCUT2D eigenvalue weighted by atomic mass is 35.5. The number of nitrogens with zero attached hydrogens (tertiary/aromatic N) is 3. The number of hydrogen-bond acceptors (Lipinski definition) is 4. The summed E-state index contributed by atoms with van der Waals surface area (Å²) < 4.78 is 24.9. The van der Waals surface area contributed by atoms with Crippen LogP contribution in [0.3, 0.4) is 0 Å². The zero-order valence-electron chi connectivity index (χ0n) is 11.0. The van der Waals surface area contributed by atoms with E-state index in [1.807, 2.05) is 18.9 Å². The number of anilines is 1. The van der Waals surface area contributed by atoms with Crippen LogP contribution in [0.1, 0.15) is 6.92 Å². The molecule has 18 heavy (non-hydrogen) atoms. The third-order valence-corrected chi connectivity index (χ3v) is 4.99. The number of sulfonamides is 1. The largest absolute Gasteiger partial charge is 0.356 e. The quantitative estimate of drug-likeness (QED) is 0.770. The van der Waals surface area contributed by atoms with E-state index in [0.29, 0.717) is 11.7 Å². The molecule has 0 aromatic carbocycles. The van der Waals surface area contributed by atoms with Gasteiger partial charge in [-0.2, -0.15) is 0 Å². The molecule has 1 heterocycles. The molecule has 0 spiro atoms. The molecule has 0 aliphatic rings. The van der Waals surface area contributed by atoms with E-state index in [4.69, 9.17) is 11.6 Å². The highest BCUT2D eigenvalue weighted by Gasteiger charge is 2.18. The maximum atomic E-state index is 11.9. The number of halogens is 1. The number of alkyl halides is 1. The van der Waals surface area contributed by atoms with Crippen LogP contribution in [0.5, 0.6) is 0 Å². The lowest BCUT2D eigenvalue weighted by Gasteiger charge is -2.24. The van der Waals surface area contributed by atoms with Crippen LogP contribution in [0.15, 0.2) is 23.2 Å². The van der Waals surface area contributed by atoms with Crippen molar-refractivity contribution in [3.8, 4) is 0 Å². The number of aromatic nitrogens is 1. The van der Waals surface area contributed by atoms with Gasteiger partial charge in [-0.1, -0.05) is 0 Å². The molecule has 1 rings (SSSR count). The standard InChI is InChI=1S/C11H18ClN3O2S/c1-9(7-12)15(4)11-6-5-10(8-13-11)18(16,17)14(2)3/h5-6,8-9H,7H2,1-4H3. The molecule has 0 radical (unpaired) electrons. The molecule has 1 unspecified atom stereocenters. The van der Waals surface area contributed by atoms with E-state index in [9.17, 15) is 8.42 Å². The molecule has 0 amide bonds. The van der Waals surface area contributed by atoms with E-state index in [1.165, 1.54) is 20.3 Å². The van der Waals surface area contributed by atoms with Gasteiger partial charge in [0.1, 0.15) is 10.7 Å². The first-order valence-corrected chi connectivity index (χ1v) is 7.45. The van der Waals surface area contributed by atoms with Crippen molar-refractivity contribution in [2.75, 3.05) is 31.9 Å². The summed E-state index contributed by atoms with van der Waals surface area (Å²) in [5.41, 5.74) is 0. The molecule has 0 aliphatic carbocycles. The number of hydrogen-bond donors (Lipinski definition) is 0. The summed E-state index contributed by atoms with van der Waals surface area (Å²) in [7, 11) is 1.43. The molecule has 0 N–H and O–H groups in total. The zero-order valence-corrected chi connectivity index (χ0v) is 12.5.